The van der Waals surface area contributed by atoms with E-state index in [-0.39, 0.29) is 5.91 Å². The SMILES string of the molecule is Cc1cccc(C(=O)Nc2ccc(Cl)nc2C)c1. The lowest BCUT2D eigenvalue weighted by Gasteiger charge is -2.08. The number of aryl methyl sites for hydroxylation is 2. The number of nitrogens with one attached hydrogen (secondary N) is 1. The Labute approximate surface area is 111 Å². The molecule has 0 atom stereocenters. The van der Waals surface area contributed by atoms with Gasteiger partial charge in [0.2, 0.25) is 0 Å². The number of carbonyl (C=O) groups is 1. The van der Waals surface area contributed by atoms with Crippen LogP contribution in [-0.4, -0.2) is 10.9 Å². The van der Waals surface area contributed by atoms with Gasteiger partial charge in [0.05, 0.1) is 11.4 Å². The van der Waals surface area contributed by atoms with Crippen LogP contribution in [0.5, 0.6) is 0 Å². The predicted octanol–water partition coefficient (Wildman–Crippen LogP) is 3.60. The maximum Gasteiger partial charge on any atom is 0.255 e. The molecule has 0 aliphatic rings. The van der Waals surface area contributed by atoms with Gasteiger partial charge >= 0.3 is 0 Å². The molecule has 3 nitrogen and oxygen atoms in total. The van der Waals surface area contributed by atoms with Crippen molar-refractivity contribution in [3.8, 4) is 0 Å². The molecule has 1 N–H and O–H groups in total. The molecule has 1 aromatic carbocycles. The molecule has 0 fully saturated rings. The standard InChI is InChI=1S/C14H13ClN2O/c1-9-4-3-5-11(8-9)14(18)17-12-6-7-13(15)16-10(12)2/h3-8H,1-2H3,(H,17,18). The van der Waals surface area contributed by atoms with Crippen LogP contribution in [0.1, 0.15) is 21.6 Å². The largest absolute Gasteiger partial charge is 0.320 e. The summed E-state index contributed by atoms with van der Waals surface area (Å²) in [5, 5.41) is 3.24. The summed E-state index contributed by atoms with van der Waals surface area (Å²) >= 11 is 5.77. The molecule has 92 valence electrons. The van der Waals surface area contributed by atoms with Crippen LogP contribution in [-0.2, 0) is 0 Å². The molecule has 0 bridgehead atoms. The molecule has 1 amide bonds. The van der Waals surface area contributed by atoms with Gasteiger partial charge in [0, 0.05) is 5.56 Å². The first-order chi connectivity index (χ1) is 8.56. The maximum absolute atomic E-state index is 12.0. The van der Waals surface area contributed by atoms with Gasteiger partial charge in [0.25, 0.3) is 5.91 Å². The zero-order chi connectivity index (χ0) is 13.1. The van der Waals surface area contributed by atoms with Crippen molar-refractivity contribution in [2.45, 2.75) is 13.8 Å². The van der Waals surface area contributed by atoms with Gasteiger partial charge in [-0.3, -0.25) is 4.79 Å². The van der Waals surface area contributed by atoms with Crippen molar-refractivity contribution in [3.05, 3.63) is 58.4 Å². The fourth-order valence-corrected chi connectivity index (χ4v) is 1.83. The van der Waals surface area contributed by atoms with Gasteiger partial charge in [-0.05, 0) is 38.1 Å². The van der Waals surface area contributed by atoms with E-state index < -0.39 is 0 Å². The quantitative estimate of drug-likeness (QED) is 0.839. The first-order valence-corrected chi connectivity index (χ1v) is 5.95. The van der Waals surface area contributed by atoms with Crippen molar-refractivity contribution in [1.29, 1.82) is 0 Å². The second kappa shape index (κ2) is 5.19. The number of pyridine rings is 1. The number of halogens is 1. The van der Waals surface area contributed by atoms with Crippen LogP contribution >= 0.6 is 11.6 Å². The van der Waals surface area contributed by atoms with Crippen LogP contribution in [0.2, 0.25) is 5.15 Å². The Morgan fingerprint density at radius 2 is 2.00 bits per heavy atom. The minimum atomic E-state index is -0.147. The number of benzene rings is 1. The van der Waals surface area contributed by atoms with E-state index in [1.807, 2.05) is 25.1 Å². The van der Waals surface area contributed by atoms with Crippen molar-refractivity contribution >= 4 is 23.2 Å². The number of amides is 1. The smallest absolute Gasteiger partial charge is 0.255 e. The Balaban J connectivity index is 2.21. The summed E-state index contributed by atoms with van der Waals surface area (Å²) in [6.07, 6.45) is 0. The summed E-state index contributed by atoms with van der Waals surface area (Å²) in [5.74, 6) is -0.147. The molecule has 4 heteroatoms. The lowest BCUT2D eigenvalue weighted by molar-refractivity contribution is 0.102. The average Bonchev–Trinajstić information content (AvgIpc) is 2.32. The third-order valence-electron chi connectivity index (χ3n) is 2.58. The Morgan fingerprint density at radius 3 is 2.67 bits per heavy atom. The highest BCUT2D eigenvalue weighted by Gasteiger charge is 2.08. The van der Waals surface area contributed by atoms with Crippen LogP contribution in [0.3, 0.4) is 0 Å². The van der Waals surface area contributed by atoms with Gasteiger partial charge < -0.3 is 5.32 Å². The highest BCUT2D eigenvalue weighted by atomic mass is 35.5. The topological polar surface area (TPSA) is 42.0 Å². The Kier molecular flexibility index (Phi) is 3.63. The molecule has 0 radical (unpaired) electrons. The number of hydrogen-bond donors (Lipinski definition) is 1. The van der Waals surface area contributed by atoms with Gasteiger partial charge in [0.1, 0.15) is 5.15 Å². The third-order valence-corrected chi connectivity index (χ3v) is 2.79. The lowest BCUT2D eigenvalue weighted by Crippen LogP contribution is -2.13. The van der Waals surface area contributed by atoms with E-state index in [1.54, 1.807) is 25.1 Å². The number of nitrogens with zero attached hydrogens (tertiary/aromatic N) is 1. The number of aromatic nitrogens is 1. The Morgan fingerprint density at radius 1 is 1.22 bits per heavy atom. The minimum absolute atomic E-state index is 0.147. The molecule has 0 spiro atoms. The maximum atomic E-state index is 12.0. The zero-order valence-corrected chi connectivity index (χ0v) is 11.0. The summed E-state index contributed by atoms with van der Waals surface area (Å²) in [6, 6.07) is 10.8. The molecule has 0 unspecified atom stereocenters. The predicted molar refractivity (Wildman–Crippen MR) is 73.1 cm³/mol. The van der Waals surface area contributed by atoms with Gasteiger partial charge in [-0.15, -0.1) is 0 Å². The molecule has 18 heavy (non-hydrogen) atoms. The van der Waals surface area contributed by atoms with Crippen LogP contribution < -0.4 is 5.32 Å². The van der Waals surface area contributed by atoms with E-state index in [0.29, 0.717) is 22.1 Å². The molecule has 0 aliphatic heterocycles. The van der Waals surface area contributed by atoms with E-state index in [2.05, 4.69) is 10.3 Å². The van der Waals surface area contributed by atoms with Crippen LogP contribution in [0.15, 0.2) is 36.4 Å². The summed E-state index contributed by atoms with van der Waals surface area (Å²) in [7, 11) is 0. The van der Waals surface area contributed by atoms with Gasteiger partial charge in [-0.25, -0.2) is 4.98 Å². The molecule has 1 aromatic heterocycles. The Hall–Kier alpha value is -1.87. The van der Waals surface area contributed by atoms with Crippen LogP contribution in [0, 0.1) is 13.8 Å². The number of carbonyl (C=O) groups excluding carboxylic acids is 1. The second-order valence-corrected chi connectivity index (χ2v) is 4.48. The molecule has 0 saturated heterocycles. The normalized spacial score (nSPS) is 10.2. The Bertz CT molecular complexity index is 596. The van der Waals surface area contributed by atoms with E-state index >= 15 is 0 Å². The molecule has 0 saturated carbocycles. The highest BCUT2D eigenvalue weighted by molar-refractivity contribution is 6.29. The van der Waals surface area contributed by atoms with Gasteiger partial charge in [-0.1, -0.05) is 29.3 Å². The van der Waals surface area contributed by atoms with E-state index in [1.165, 1.54) is 0 Å². The van der Waals surface area contributed by atoms with E-state index in [9.17, 15) is 4.79 Å². The van der Waals surface area contributed by atoms with E-state index in [0.717, 1.165) is 5.56 Å². The average molecular weight is 261 g/mol. The fourth-order valence-electron chi connectivity index (χ4n) is 1.64. The van der Waals surface area contributed by atoms with Gasteiger partial charge in [0.15, 0.2) is 0 Å². The number of hydrogen-bond acceptors (Lipinski definition) is 2. The third kappa shape index (κ3) is 2.87. The van der Waals surface area contributed by atoms with Crippen molar-refractivity contribution in [2.24, 2.45) is 0 Å². The number of anilines is 1. The van der Waals surface area contributed by atoms with Gasteiger partial charge in [-0.2, -0.15) is 0 Å². The number of rotatable bonds is 2. The fraction of sp³-hybridized carbons (Fsp3) is 0.143. The van der Waals surface area contributed by atoms with Crippen molar-refractivity contribution in [3.63, 3.8) is 0 Å². The first kappa shape index (κ1) is 12.6. The molecular formula is C14H13ClN2O. The van der Waals surface area contributed by atoms with E-state index in [4.69, 9.17) is 11.6 Å². The van der Waals surface area contributed by atoms with Crippen LogP contribution in [0.4, 0.5) is 5.69 Å². The highest BCUT2D eigenvalue weighted by Crippen LogP contribution is 2.17. The summed E-state index contributed by atoms with van der Waals surface area (Å²) < 4.78 is 0. The molecule has 1 heterocycles. The lowest BCUT2D eigenvalue weighted by atomic mass is 10.1. The zero-order valence-electron chi connectivity index (χ0n) is 10.2. The molecule has 0 aliphatic carbocycles. The molecule has 2 rings (SSSR count). The first-order valence-electron chi connectivity index (χ1n) is 5.57. The van der Waals surface area contributed by atoms with Crippen molar-refractivity contribution in [2.75, 3.05) is 5.32 Å². The van der Waals surface area contributed by atoms with Crippen molar-refractivity contribution in [1.82, 2.24) is 4.98 Å². The summed E-state index contributed by atoms with van der Waals surface area (Å²) in [6.45, 7) is 3.75. The monoisotopic (exact) mass is 260 g/mol. The van der Waals surface area contributed by atoms with Crippen molar-refractivity contribution < 1.29 is 4.79 Å². The summed E-state index contributed by atoms with van der Waals surface area (Å²) in [4.78, 5) is 16.1. The van der Waals surface area contributed by atoms with Crippen LogP contribution in [0.25, 0.3) is 0 Å². The molecular weight excluding hydrogens is 248 g/mol. The summed E-state index contributed by atoms with van der Waals surface area (Å²) in [5.41, 5.74) is 3.05. The molecule has 2 aromatic rings. The minimum Gasteiger partial charge on any atom is -0.320 e. The second-order valence-electron chi connectivity index (χ2n) is 4.09.